The monoisotopic (exact) mass is 354 g/mol. The molecule has 7 heteroatoms. The van der Waals surface area contributed by atoms with E-state index in [2.05, 4.69) is 0 Å². The zero-order valence-electron chi connectivity index (χ0n) is 12.9. The molecule has 2 rings (SSSR count). The Bertz CT molecular complexity index is 765. The van der Waals surface area contributed by atoms with Gasteiger partial charge in [-0.3, -0.25) is 8.37 Å². The first-order valence-corrected chi connectivity index (χ1v) is 9.44. The largest absolute Gasteiger partial charge is 0.297 e. The molecular formula is C16H18O5S2. The molecule has 0 aromatic heterocycles. The minimum absolute atomic E-state index is 0.0859. The molecule has 0 N–H and O–H groups in total. The summed E-state index contributed by atoms with van der Waals surface area (Å²) < 4.78 is 45.7. The molecule has 0 spiro atoms. The van der Waals surface area contributed by atoms with Crippen molar-refractivity contribution in [1.82, 2.24) is 0 Å². The van der Waals surface area contributed by atoms with Crippen molar-refractivity contribution in [2.75, 3.05) is 13.2 Å². The first-order chi connectivity index (χ1) is 10.9. The smallest absolute Gasteiger partial charge is 0.284 e. The van der Waals surface area contributed by atoms with Crippen molar-refractivity contribution in [2.24, 2.45) is 0 Å². The normalized spacial score (nSPS) is 13.0. The van der Waals surface area contributed by atoms with E-state index < -0.39 is 21.2 Å². The Hall–Kier alpha value is -1.54. The molecule has 0 aliphatic carbocycles. The zero-order chi connectivity index (χ0) is 16.9. The summed E-state index contributed by atoms with van der Waals surface area (Å²) in [6.45, 7) is 3.50. The van der Waals surface area contributed by atoms with Crippen LogP contribution in [0.2, 0.25) is 0 Å². The van der Waals surface area contributed by atoms with E-state index in [4.69, 9.17) is 8.37 Å². The molecule has 0 saturated carbocycles. The fraction of sp³-hybridized carbons (Fsp3) is 0.250. The number of aryl methyl sites for hydroxylation is 2. The minimum atomic E-state index is -3.82. The standard InChI is InChI=1S/C16H18O5S2/c1-13-3-7-15(8-4-13)22(17)20-11-12-21-23(18,19)16-9-5-14(2)6-10-16/h3-10H,11-12H2,1-2H3. The summed E-state index contributed by atoms with van der Waals surface area (Å²) in [4.78, 5) is 0.611. The van der Waals surface area contributed by atoms with Crippen LogP contribution >= 0.6 is 0 Å². The van der Waals surface area contributed by atoms with Gasteiger partial charge in [-0.15, -0.1) is 0 Å². The second kappa shape index (κ2) is 7.83. The highest BCUT2D eigenvalue weighted by Gasteiger charge is 2.15. The number of rotatable bonds is 7. The maximum absolute atomic E-state index is 11.9. The van der Waals surface area contributed by atoms with E-state index in [-0.39, 0.29) is 18.1 Å². The van der Waals surface area contributed by atoms with Gasteiger partial charge in [0, 0.05) is 0 Å². The molecular weight excluding hydrogens is 336 g/mol. The zero-order valence-corrected chi connectivity index (χ0v) is 14.5. The molecule has 1 unspecified atom stereocenters. The highest BCUT2D eigenvalue weighted by Crippen LogP contribution is 2.13. The predicted molar refractivity (Wildman–Crippen MR) is 87.9 cm³/mol. The Balaban J connectivity index is 1.83. The van der Waals surface area contributed by atoms with Gasteiger partial charge in [0.2, 0.25) is 0 Å². The fourth-order valence-corrected chi connectivity index (χ4v) is 3.35. The Morgan fingerprint density at radius 1 is 0.870 bits per heavy atom. The van der Waals surface area contributed by atoms with E-state index in [1.54, 1.807) is 24.3 Å². The molecule has 1 atom stereocenters. The van der Waals surface area contributed by atoms with Crippen LogP contribution in [0.1, 0.15) is 11.1 Å². The van der Waals surface area contributed by atoms with Crippen molar-refractivity contribution in [3.05, 3.63) is 59.7 Å². The van der Waals surface area contributed by atoms with Gasteiger partial charge in [0.15, 0.2) is 11.1 Å². The number of hydrogen-bond donors (Lipinski definition) is 0. The quantitative estimate of drug-likeness (QED) is 0.565. The second-order valence-electron chi connectivity index (χ2n) is 4.96. The Kier molecular flexibility index (Phi) is 6.06. The molecule has 2 aromatic rings. The van der Waals surface area contributed by atoms with Crippen LogP contribution in [0.5, 0.6) is 0 Å². The van der Waals surface area contributed by atoms with Crippen LogP contribution in [0.15, 0.2) is 58.3 Å². The van der Waals surface area contributed by atoms with Gasteiger partial charge in [0.05, 0.1) is 23.0 Å². The van der Waals surface area contributed by atoms with Crippen LogP contribution in [0, 0.1) is 13.8 Å². The van der Waals surface area contributed by atoms with Gasteiger partial charge in [0.1, 0.15) is 0 Å². The van der Waals surface area contributed by atoms with E-state index in [0.29, 0.717) is 4.90 Å². The highest BCUT2D eigenvalue weighted by atomic mass is 32.2. The van der Waals surface area contributed by atoms with E-state index in [9.17, 15) is 12.6 Å². The molecule has 0 radical (unpaired) electrons. The highest BCUT2D eigenvalue weighted by molar-refractivity contribution is 7.86. The van der Waals surface area contributed by atoms with Crippen LogP contribution in [-0.4, -0.2) is 25.8 Å². The molecule has 0 aliphatic heterocycles. The van der Waals surface area contributed by atoms with Crippen LogP contribution in [0.3, 0.4) is 0 Å². The summed E-state index contributed by atoms with van der Waals surface area (Å²) in [7, 11) is -3.82. The first kappa shape index (κ1) is 17.8. The first-order valence-electron chi connectivity index (χ1n) is 6.96. The van der Waals surface area contributed by atoms with E-state index >= 15 is 0 Å². The second-order valence-corrected chi connectivity index (χ2v) is 7.75. The van der Waals surface area contributed by atoms with Crippen molar-refractivity contribution in [3.63, 3.8) is 0 Å². The third-order valence-corrected chi connectivity index (χ3v) is 5.40. The van der Waals surface area contributed by atoms with Gasteiger partial charge in [-0.1, -0.05) is 35.4 Å². The Morgan fingerprint density at radius 2 is 1.39 bits per heavy atom. The van der Waals surface area contributed by atoms with Gasteiger partial charge in [-0.05, 0) is 38.1 Å². The molecule has 0 fully saturated rings. The topological polar surface area (TPSA) is 69.7 Å². The molecule has 2 aromatic carbocycles. The summed E-state index contributed by atoms with van der Waals surface area (Å²) in [5, 5.41) is 0. The van der Waals surface area contributed by atoms with Crippen LogP contribution < -0.4 is 0 Å². The van der Waals surface area contributed by atoms with Crippen LogP contribution in [-0.2, 0) is 29.6 Å². The van der Waals surface area contributed by atoms with Crippen molar-refractivity contribution < 1.29 is 21.0 Å². The van der Waals surface area contributed by atoms with E-state index in [1.165, 1.54) is 12.1 Å². The lowest BCUT2D eigenvalue weighted by molar-refractivity contribution is 0.234. The molecule has 0 aliphatic rings. The molecule has 0 amide bonds. The third kappa shape index (κ3) is 5.24. The van der Waals surface area contributed by atoms with E-state index in [1.807, 2.05) is 26.0 Å². The van der Waals surface area contributed by atoms with Crippen LogP contribution in [0.4, 0.5) is 0 Å². The Labute approximate surface area is 139 Å². The van der Waals surface area contributed by atoms with E-state index in [0.717, 1.165) is 11.1 Å². The molecule has 0 bridgehead atoms. The van der Waals surface area contributed by atoms with Gasteiger partial charge in [0.25, 0.3) is 10.1 Å². The van der Waals surface area contributed by atoms with Crippen molar-refractivity contribution in [3.8, 4) is 0 Å². The maximum atomic E-state index is 11.9. The lowest BCUT2D eigenvalue weighted by atomic mass is 10.2. The Morgan fingerprint density at radius 3 is 1.96 bits per heavy atom. The van der Waals surface area contributed by atoms with Gasteiger partial charge in [-0.25, -0.2) is 4.21 Å². The molecule has 124 valence electrons. The summed E-state index contributed by atoms with van der Waals surface area (Å²) in [5.74, 6) is 0. The third-order valence-electron chi connectivity index (χ3n) is 3.04. The summed E-state index contributed by atoms with van der Waals surface area (Å²) in [5.41, 5.74) is 2.01. The lowest BCUT2D eigenvalue weighted by Gasteiger charge is -2.07. The molecule has 5 nitrogen and oxygen atoms in total. The number of benzene rings is 2. The fourth-order valence-electron chi connectivity index (χ4n) is 1.74. The summed E-state index contributed by atoms with van der Waals surface area (Å²) >= 11 is -1.64. The molecule has 0 heterocycles. The summed E-state index contributed by atoms with van der Waals surface area (Å²) in [6.07, 6.45) is 0. The van der Waals surface area contributed by atoms with Crippen molar-refractivity contribution in [2.45, 2.75) is 23.6 Å². The minimum Gasteiger partial charge on any atom is -0.284 e. The molecule has 0 saturated heterocycles. The summed E-state index contributed by atoms with van der Waals surface area (Å²) in [6, 6.07) is 13.4. The predicted octanol–water partition coefficient (Wildman–Crippen LogP) is 2.75. The maximum Gasteiger partial charge on any atom is 0.297 e. The average Bonchev–Trinajstić information content (AvgIpc) is 2.52. The van der Waals surface area contributed by atoms with Gasteiger partial charge >= 0.3 is 0 Å². The van der Waals surface area contributed by atoms with Crippen LogP contribution in [0.25, 0.3) is 0 Å². The SMILES string of the molecule is Cc1ccc(S(=O)OCCOS(=O)(=O)c2ccc(C)cc2)cc1. The van der Waals surface area contributed by atoms with Gasteiger partial charge in [-0.2, -0.15) is 8.42 Å². The van der Waals surface area contributed by atoms with Gasteiger partial charge < -0.3 is 0 Å². The van der Waals surface area contributed by atoms with Crippen molar-refractivity contribution in [1.29, 1.82) is 0 Å². The van der Waals surface area contributed by atoms with Crippen molar-refractivity contribution >= 4 is 21.2 Å². The molecule has 23 heavy (non-hydrogen) atoms. The average molecular weight is 354 g/mol. The number of hydrogen-bond acceptors (Lipinski definition) is 5. The lowest BCUT2D eigenvalue weighted by Crippen LogP contribution is -2.12.